The maximum atomic E-state index is 3.00. The number of aryl methyl sites for hydroxylation is 2. The highest BCUT2D eigenvalue weighted by atomic mass is 28.3. The lowest BCUT2D eigenvalue weighted by Crippen LogP contribution is -2.65. The van der Waals surface area contributed by atoms with Crippen LogP contribution in [0.25, 0.3) is 11.1 Å². The van der Waals surface area contributed by atoms with Gasteiger partial charge in [0.15, 0.2) is 0 Å². The van der Waals surface area contributed by atoms with E-state index in [9.17, 15) is 0 Å². The van der Waals surface area contributed by atoms with Crippen molar-refractivity contribution >= 4 is 76.2 Å². The van der Waals surface area contributed by atoms with Crippen LogP contribution in [0.3, 0.4) is 0 Å². The van der Waals surface area contributed by atoms with Crippen LogP contribution in [0.2, 0.25) is 19.6 Å². The molecule has 2 aliphatic carbocycles. The topological polar surface area (TPSA) is 9.72 Å². The number of nitrogens with zero attached hydrogens (tertiary/aromatic N) is 3. The fourth-order valence-electron chi connectivity index (χ4n) is 16.5. The van der Waals surface area contributed by atoms with Gasteiger partial charge in [-0.25, -0.2) is 0 Å². The van der Waals surface area contributed by atoms with E-state index in [1.165, 1.54) is 127 Å². The van der Waals surface area contributed by atoms with Crippen molar-refractivity contribution in [2.45, 2.75) is 180 Å². The van der Waals surface area contributed by atoms with Crippen LogP contribution < -0.4 is 36.3 Å². The lowest BCUT2D eigenvalue weighted by Gasteiger charge is -2.54. The number of benzene rings is 7. The normalized spacial score (nSPS) is 24.3. The molecule has 7 aromatic carbocycles. The van der Waals surface area contributed by atoms with Gasteiger partial charge in [0.05, 0.1) is 24.8 Å². The summed E-state index contributed by atoms with van der Waals surface area (Å²) in [6, 6.07) is 54.2. The van der Waals surface area contributed by atoms with Crippen molar-refractivity contribution in [3.63, 3.8) is 0 Å². The standard InChI is InChI=1S/C70H80BN3Si/c1-45-37-46(2)62-59(38-45)73(68(10)34-22-21-33-67(62,68)9)51-41-60-63-61(42-51)74-64-54(70(48-27-19-16-20-28-48)36-24-23-35-69(70,74)11)43-52(75(12,13)14)44-56(64)71(63)55-31-29-50(66(6,7)8)40-58(55)72(60)57-32-30-49(65(3,4)5)39-53(57)47-25-17-15-18-26-47/h15-20,25-32,37-44H,21-24,33-36H2,1-14H3. The third-order valence-electron chi connectivity index (χ3n) is 20.5. The molecule has 0 bridgehead atoms. The Morgan fingerprint density at radius 3 is 1.85 bits per heavy atom. The minimum Gasteiger partial charge on any atom is -0.335 e. The summed E-state index contributed by atoms with van der Waals surface area (Å²) in [5.41, 5.74) is 26.0. The van der Waals surface area contributed by atoms with Gasteiger partial charge in [-0.2, -0.15) is 0 Å². The molecule has 4 unspecified atom stereocenters. The molecule has 0 N–H and O–H groups in total. The largest absolute Gasteiger partial charge is 0.335 e. The highest BCUT2D eigenvalue weighted by Gasteiger charge is 2.65. The number of fused-ring (bicyclic) bond motifs is 10. The zero-order valence-corrected chi connectivity index (χ0v) is 48.8. The fraction of sp³-hybridized carbons (Fsp3) is 0.400. The Morgan fingerprint density at radius 1 is 0.533 bits per heavy atom. The Kier molecular flexibility index (Phi) is 10.5. The Labute approximate surface area is 451 Å². The molecule has 0 aromatic heterocycles. The predicted molar refractivity (Wildman–Crippen MR) is 327 cm³/mol. The first kappa shape index (κ1) is 48.8. The third-order valence-corrected chi connectivity index (χ3v) is 22.5. The molecule has 4 aliphatic heterocycles. The van der Waals surface area contributed by atoms with Gasteiger partial charge in [0.1, 0.15) is 0 Å². The number of rotatable bonds is 5. The summed E-state index contributed by atoms with van der Waals surface area (Å²) in [6.07, 6.45) is 9.59. The second kappa shape index (κ2) is 16.1. The fourth-order valence-corrected chi connectivity index (χ4v) is 17.6. The van der Waals surface area contributed by atoms with Crippen molar-refractivity contribution < 1.29 is 0 Å². The summed E-state index contributed by atoms with van der Waals surface area (Å²) in [7, 11) is -1.86. The van der Waals surface area contributed by atoms with E-state index >= 15 is 0 Å². The molecule has 2 saturated carbocycles. The number of hydrogen-bond acceptors (Lipinski definition) is 3. The maximum Gasteiger partial charge on any atom is 0.252 e. The lowest BCUT2D eigenvalue weighted by atomic mass is 9.33. The van der Waals surface area contributed by atoms with Crippen molar-refractivity contribution in [3.05, 3.63) is 172 Å². The molecule has 3 nitrogen and oxygen atoms in total. The minimum atomic E-state index is -1.86. The Morgan fingerprint density at radius 2 is 1.16 bits per heavy atom. The Bertz CT molecular complexity index is 3500. The Balaban J connectivity index is 1.22. The predicted octanol–water partition coefficient (Wildman–Crippen LogP) is 16.2. The molecule has 4 heterocycles. The van der Waals surface area contributed by atoms with Crippen molar-refractivity contribution in [2.24, 2.45) is 0 Å². The van der Waals surface area contributed by atoms with Gasteiger partial charge < -0.3 is 14.7 Å². The van der Waals surface area contributed by atoms with Crippen LogP contribution in [-0.4, -0.2) is 25.9 Å². The van der Waals surface area contributed by atoms with E-state index in [-0.39, 0.29) is 39.5 Å². The summed E-state index contributed by atoms with van der Waals surface area (Å²) < 4.78 is 0. The molecule has 0 saturated heterocycles. The SMILES string of the molecule is Cc1cc(C)c2c(c1)N(c1cc3c4c(c1)N1c5c(cc([Si](C)(C)C)cc5C5(c6ccccc6)CCCCC15C)B4c1ccc(C(C)(C)C)cc1N3c1ccc(C(C)(C)C)cc1-c1ccccc1)C1(C)CCCCC21C. The van der Waals surface area contributed by atoms with Gasteiger partial charge >= 0.3 is 0 Å². The van der Waals surface area contributed by atoms with Crippen LogP contribution in [-0.2, 0) is 21.7 Å². The van der Waals surface area contributed by atoms with Crippen LogP contribution in [0.5, 0.6) is 0 Å². The smallest absolute Gasteiger partial charge is 0.252 e. The van der Waals surface area contributed by atoms with Crippen LogP contribution >= 0.6 is 0 Å². The van der Waals surface area contributed by atoms with Crippen LogP contribution in [0, 0.1) is 13.8 Å². The van der Waals surface area contributed by atoms with Gasteiger partial charge in [-0.3, -0.25) is 0 Å². The summed E-state index contributed by atoms with van der Waals surface area (Å²) in [6.45, 7) is 34.7. The second-order valence-corrected chi connectivity index (χ2v) is 33.0. The summed E-state index contributed by atoms with van der Waals surface area (Å²) in [4.78, 5) is 8.68. The first-order chi connectivity index (χ1) is 35.5. The van der Waals surface area contributed by atoms with Gasteiger partial charge in [-0.1, -0.05) is 196 Å². The van der Waals surface area contributed by atoms with E-state index in [0.717, 1.165) is 19.3 Å². The third kappa shape index (κ3) is 6.64. The maximum absolute atomic E-state index is 3.00. The molecule has 75 heavy (non-hydrogen) atoms. The van der Waals surface area contributed by atoms with Crippen LogP contribution in [0.4, 0.5) is 39.8 Å². The molecule has 2 fully saturated rings. The molecule has 6 aliphatic rings. The minimum absolute atomic E-state index is 0.00364. The molecule has 5 heteroatoms. The average molecular weight is 1000 g/mol. The molecule has 382 valence electrons. The van der Waals surface area contributed by atoms with Gasteiger partial charge in [0, 0.05) is 50.5 Å². The van der Waals surface area contributed by atoms with Gasteiger partial charge in [0.25, 0.3) is 6.71 Å². The van der Waals surface area contributed by atoms with Crippen molar-refractivity contribution in [2.75, 3.05) is 14.7 Å². The molecule has 0 spiro atoms. The van der Waals surface area contributed by atoms with Crippen molar-refractivity contribution in [1.29, 1.82) is 0 Å². The van der Waals surface area contributed by atoms with Crippen molar-refractivity contribution in [3.8, 4) is 11.1 Å². The van der Waals surface area contributed by atoms with E-state index in [1.54, 1.807) is 16.3 Å². The number of hydrogen-bond donors (Lipinski definition) is 0. The quantitative estimate of drug-likeness (QED) is 0.159. The molecule has 4 atom stereocenters. The van der Waals surface area contributed by atoms with E-state index in [1.807, 2.05) is 0 Å². The van der Waals surface area contributed by atoms with Crippen molar-refractivity contribution in [1.82, 2.24) is 0 Å². The summed E-state index contributed by atoms with van der Waals surface area (Å²) >= 11 is 0. The van der Waals surface area contributed by atoms with E-state index < -0.39 is 8.07 Å². The zero-order valence-electron chi connectivity index (χ0n) is 47.8. The first-order valence-corrected chi connectivity index (χ1v) is 32.3. The molecular formula is C70H80BN3Si. The molecule has 0 amide bonds. The summed E-state index contributed by atoms with van der Waals surface area (Å²) in [5.74, 6) is 0. The highest BCUT2D eigenvalue weighted by molar-refractivity contribution is 7.01. The molecule has 0 radical (unpaired) electrons. The van der Waals surface area contributed by atoms with Crippen LogP contribution in [0.1, 0.15) is 153 Å². The average Bonchev–Trinajstić information content (AvgIpc) is 3.81. The van der Waals surface area contributed by atoms with E-state index in [4.69, 9.17) is 0 Å². The monoisotopic (exact) mass is 1000 g/mol. The molecule has 7 aromatic rings. The molecule has 13 rings (SSSR count). The second-order valence-electron chi connectivity index (χ2n) is 28.0. The first-order valence-electron chi connectivity index (χ1n) is 28.8. The van der Waals surface area contributed by atoms with E-state index in [2.05, 4.69) is 244 Å². The zero-order chi connectivity index (χ0) is 52.6. The van der Waals surface area contributed by atoms with Gasteiger partial charge in [-0.05, 0) is 162 Å². The van der Waals surface area contributed by atoms with Crippen LogP contribution in [0.15, 0.2) is 133 Å². The van der Waals surface area contributed by atoms with Gasteiger partial charge in [-0.15, -0.1) is 0 Å². The Hall–Kier alpha value is -5.78. The molecular weight excluding hydrogens is 922 g/mol. The van der Waals surface area contributed by atoms with E-state index in [0.29, 0.717) is 0 Å². The number of anilines is 7. The summed E-state index contributed by atoms with van der Waals surface area (Å²) in [5, 5.41) is 1.58. The van der Waals surface area contributed by atoms with Gasteiger partial charge in [0.2, 0.25) is 0 Å². The highest BCUT2D eigenvalue weighted by Crippen LogP contribution is 2.67. The lowest BCUT2D eigenvalue weighted by molar-refractivity contribution is 0.194.